The first-order valence-electron chi connectivity index (χ1n) is 4.96. The van der Waals surface area contributed by atoms with Gasteiger partial charge in [-0.25, -0.2) is 0 Å². The number of allylic oxidation sites excluding steroid dienone is 1. The van der Waals surface area contributed by atoms with Crippen LogP contribution in [0.15, 0.2) is 11.8 Å². The molecule has 2 nitrogen and oxygen atoms in total. The molecule has 0 N–H and O–H groups in total. The number of rotatable bonds is 2. The van der Waals surface area contributed by atoms with Crippen LogP contribution in [0, 0.1) is 11.3 Å². The van der Waals surface area contributed by atoms with Crippen molar-refractivity contribution in [2.75, 3.05) is 6.61 Å². The molecule has 2 aliphatic rings. The predicted octanol–water partition coefficient (Wildman–Crippen LogP) is 2.30. The van der Waals surface area contributed by atoms with Crippen LogP contribution in [0.2, 0.25) is 0 Å². The molecule has 13 heavy (non-hydrogen) atoms. The van der Waals surface area contributed by atoms with Crippen LogP contribution in [-0.4, -0.2) is 12.4 Å². The van der Waals surface area contributed by atoms with Crippen molar-refractivity contribution < 1.29 is 9.53 Å². The van der Waals surface area contributed by atoms with Gasteiger partial charge in [0.25, 0.3) is 0 Å². The summed E-state index contributed by atoms with van der Waals surface area (Å²) in [6.45, 7) is 5.07. The Hall–Kier alpha value is -0.790. The highest BCUT2D eigenvalue weighted by Gasteiger charge is 2.50. The van der Waals surface area contributed by atoms with Gasteiger partial charge >= 0.3 is 0 Å². The van der Waals surface area contributed by atoms with Crippen molar-refractivity contribution in [3.8, 4) is 0 Å². The van der Waals surface area contributed by atoms with E-state index in [0.29, 0.717) is 5.78 Å². The number of ether oxygens (including phenoxy) is 1. The normalized spacial score (nSPS) is 30.3. The molecule has 72 valence electrons. The highest BCUT2D eigenvalue weighted by atomic mass is 16.5. The summed E-state index contributed by atoms with van der Waals surface area (Å²) in [6, 6.07) is 0. The van der Waals surface area contributed by atoms with Gasteiger partial charge in [-0.1, -0.05) is 13.8 Å². The molecule has 1 fully saturated rings. The van der Waals surface area contributed by atoms with Gasteiger partial charge in [-0.05, 0) is 24.7 Å². The molecule has 0 aromatic carbocycles. The predicted molar refractivity (Wildman–Crippen MR) is 50.2 cm³/mol. The molecule has 2 heteroatoms. The van der Waals surface area contributed by atoms with Crippen molar-refractivity contribution in [1.82, 2.24) is 0 Å². The molecule has 0 aromatic heterocycles. The smallest absolute Gasteiger partial charge is 0.165 e. The van der Waals surface area contributed by atoms with Crippen molar-refractivity contribution in [3.63, 3.8) is 0 Å². The zero-order valence-electron chi connectivity index (χ0n) is 8.30. The van der Waals surface area contributed by atoms with Gasteiger partial charge in [-0.15, -0.1) is 0 Å². The summed E-state index contributed by atoms with van der Waals surface area (Å²) in [6.07, 6.45) is 4.61. The number of hydrogen-bond acceptors (Lipinski definition) is 2. The summed E-state index contributed by atoms with van der Waals surface area (Å²) in [5.41, 5.74) is 1.15. The van der Waals surface area contributed by atoms with E-state index in [2.05, 4.69) is 13.8 Å². The summed E-state index contributed by atoms with van der Waals surface area (Å²) in [7, 11) is 0. The average Bonchev–Trinajstić information content (AvgIpc) is 2.76. The maximum Gasteiger partial charge on any atom is 0.165 e. The van der Waals surface area contributed by atoms with Crippen LogP contribution >= 0.6 is 0 Å². The topological polar surface area (TPSA) is 26.3 Å². The fourth-order valence-electron chi connectivity index (χ4n) is 1.88. The molecular formula is C11H16O2. The van der Waals surface area contributed by atoms with E-state index < -0.39 is 0 Å². The molecule has 0 bridgehead atoms. The zero-order valence-corrected chi connectivity index (χ0v) is 8.30. The van der Waals surface area contributed by atoms with Crippen LogP contribution in [0.3, 0.4) is 0 Å². The second-order valence-electron chi connectivity index (χ2n) is 4.73. The molecule has 2 rings (SSSR count). The minimum atomic E-state index is 0.245. The van der Waals surface area contributed by atoms with E-state index in [9.17, 15) is 4.79 Å². The van der Waals surface area contributed by atoms with E-state index in [0.717, 1.165) is 31.4 Å². The minimum Gasteiger partial charge on any atom is -0.501 e. The quantitative estimate of drug-likeness (QED) is 0.651. The molecule has 1 heterocycles. The fraction of sp³-hybridized carbons (Fsp3) is 0.727. The third-order valence-electron chi connectivity index (χ3n) is 3.08. The molecule has 1 unspecified atom stereocenters. The lowest BCUT2D eigenvalue weighted by atomic mass is 9.98. The molecule has 1 atom stereocenters. The highest BCUT2D eigenvalue weighted by molar-refractivity contribution is 5.99. The number of carbonyl (C=O) groups excluding carboxylic acids is 1. The van der Waals surface area contributed by atoms with Gasteiger partial charge in [0, 0.05) is 11.5 Å². The molecule has 1 saturated carbocycles. The van der Waals surface area contributed by atoms with Crippen molar-refractivity contribution >= 4 is 5.78 Å². The van der Waals surface area contributed by atoms with Gasteiger partial charge in [0.05, 0.1) is 12.9 Å². The van der Waals surface area contributed by atoms with E-state index in [4.69, 9.17) is 4.74 Å². The molecule has 0 aromatic rings. The van der Waals surface area contributed by atoms with Gasteiger partial charge in [-0.2, -0.15) is 0 Å². The molecule has 1 aliphatic carbocycles. The molecule has 1 aliphatic heterocycles. The van der Waals surface area contributed by atoms with Crippen molar-refractivity contribution in [2.24, 2.45) is 11.3 Å². The number of Topliss-reactive ketones (excluding diaryl/α,β-unsaturated/α-hetero) is 1. The van der Waals surface area contributed by atoms with Crippen molar-refractivity contribution in [3.05, 3.63) is 11.8 Å². The first-order valence-corrected chi connectivity index (χ1v) is 4.96. The van der Waals surface area contributed by atoms with E-state index >= 15 is 0 Å². The summed E-state index contributed by atoms with van der Waals surface area (Å²) in [4.78, 5) is 11.8. The van der Waals surface area contributed by atoms with E-state index in [1.165, 1.54) is 0 Å². The van der Waals surface area contributed by atoms with Crippen LogP contribution < -0.4 is 0 Å². The maximum atomic E-state index is 11.8. The zero-order chi connectivity index (χ0) is 9.47. The number of hydrogen-bond donors (Lipinski definition) is 0. The number of carbonyl (C=O) groups is 1. The van der Waals surface area contributed by atoms with Gasteiger partial charge in [0.2, 0.25) is 0 Å². The molecular weight excluding hydrogens is 164 g/mol. The third kappa shape index (κ3) is 1.62. The average molecular weight is 180 g/mol. The second-order valence-corrected chi connectivity index (χ2v) is 4.73. The SMILES string of the molecule is CC1(C)CC1C(=O)C1=COCCC1. The maximum absolute atomic E-state index is 11.8. The Kier molecular flexibility index (Phi) is 1.94. The number of ketones is 1. The van der Waals surface area contributed by atoms with Crippen molar-refractivity contribution in [1.29, 1.82) is 0 Å². The second kappa shape index (κ2) is 2.86. The Labute approximate surface area is 79.0 Å². The Balaban J connectivity index is 2.02. The first-order chi connectivity index (χ1) is 6.11. The van der Waals surface area contributed by atoms with Gasteiger partial charge in [0.15, 0.2) is 5.78 Å². The summed E-state index contributed by atoms with van der Waals surface area (Å²) >= 11 is 0. The van der Waals surface area contributed by atoms with Crippen LogP contribution in [0.1, 0.15) is 33.1 Å². The Bertz CT molecular complexity index is 263. The minimum absolute atomic E-state index is 0.245. The van der Waals surface area contributed by atoms with Crippen molar-refractivity contribution in [2.45, 2.75) is 33.1 Å². The van der Waals surface area contributed by atoms with Crippen LogP contribution in [0.25, 0.3) is 0 Å². The monoisotopic (exact) mass is 180 g/mol. The van der Waals surface area contributed by atoms with E-state index in [1.54, 1.807) is 6.26 Å². The highest BCUT2D eigenvalue weighted by Crippen LogP contribution is 2.53. The Morgan fingerprint density at radius 3 is 2.77 bits per heavy atom. The van der Waals surface area contributed by atoms with Gasteiger partial charge < -0.3 is 4.74 Å². The van der Waals surface area contributed by atoms with Crippen LogP contribution in [-0.2, 0) is 9.53 Å². The van der Waals surface area contributed by atoms with Crippen LogP contribution in [0.5, 0.6) is 0 Å². The van der Waals surface area contributed by atoms with Gasteiger partial charge in [-0.3, -0.25) is 4.79 Å². The standard InChI is InChI=1S/C11H16O2/c1-11(2)6-9(11)10(12)8-4-3-5-13-7-8/h7,9H,3-6H2,1-2H3. The molecule has 0 amide bonds. The Morgan fingerprint density at radius 1 is 1.62 bits per heavy atom. The van der Waals surface area contributed by atoms with Gasteiger partial charge in [0.1, 0.15) is 0 Å². The molecule has 0 radical (unpaired) electrons. The fourth-order valence-corrected chi connectivity index (χ4v) is 1.88. The van der Waals surface area contributed by atoms with Crippen LogP contribution in [0.4, 0.5) is 0 Å². The summed E-state index contributed by atoms with van der Waals surface area (Å²) in [5, 5.41) is 0. The third-order valence-corrected chi connectivity index (χ3v) is 3.08. The summed E-state index contributed by atoms with van der Waals surface area (Å²) < 4.78 is 5.17. The Morgan fingerprint density at radius 2 is 2.31 bits per heavy atom. The largest absolute Gasteiger partial charge is 0.501 e. The van der Waals surface area contributed by atoms with E-state index in [-0.39, 0.29) is 11.3 Å². The summed E-state index contributed by atoms with van der Waals surface area (Å²) in [5.74, 6) is 0.588. The van der Waals surface area contributed by atoms with E-state index in [1.807, 2.05) is 0 Å². The molecule has 0 spiro atoms. The lowest BCUT2D eigenvalue weighted by Crippen LogP contribution is -2.13. The first kappa shape index (κ1) is 8.79. The lowest BCUT2D eigenvalue weighted by Gasteiger charge is -2.13. The lowest BCUT2D eigenvalue weighted by molar-refractivity contribution is -0.117. The molecule has 0 saturated heterocycles.